The first-order chi connectivity index (χ1) is 25.9. The summed E-state index contributed by atoms with van der Waals surface area (Å²) in [5.74, 6) is 3.64. The van der Waals surface area contributed by atoms with E-state index in [1.54, 1.807) is 0 Å². The van der Waals surface area contributed by atoms with Gasteiger partial charge in [-0.15, -0.1) is 0 Å². The number of unbranched alkanes of at least 4 members (excludes halogenated alkanes) is 19. The fourth-order valence-corrected chi connectivity index (χ4v) is 15.3. The summed E-state index contributed by atoms with van der Waals surface area (Å²) in [5.41, 5.74) is 2.99. The van der Waals surface area contributed by atoms with E-state index in [4.69, 9.17) is 4.74 Å². The molecule has 314 valence electrons. The van der Waals surface area contributed by atoms with Crippen LogP contribution in [0.4, 0.5) is 0 Å². The predicted molar refractivity (Wildman–Crippen MR) is 234 cm³/mol. The number of hydrogen-bond acceptors (Lipinski definition) is 2. The molecule has 0 heterocycles. The molecule has 0 aliphatic heterocycles. The first-order valence-corrected chi connectivity index (χ1v) is 24.8. The molecule has 0 aromatic rings. The number of hydrogen-bond donors (Lipinski definition) is 1. The number of rotatable bonds is 24. The van der Waals surface area contributed by atoms with Crippen LogP contribution in [0.3, 0.4) is 0 Å². The van der Waals surface area contributed by atoms with Crippen LogP contribution in [0.2, 0.25) is 0 Å². The molecular formula is C52H94O2. The third-order valence-corrected chi connectivity index (χ3v) is 18.8. The first-order valence-electron chi connectivity index (χ1n) is 24.8. The average Bonchev–Trinajstić information content (AvgIpc) is 3.52. The van der Waals surface area contributed by atoms with E-state index in [9.17, 15) is 5.11 Å². The van der Waals surface area contributed by atoms with Crippen LogP contribution < -0.4 is 0 Å². The van der Waals surface area contributed by atoms with E-state index in [1.165, 1.54) is 192 Å². The number of fused-ring (bicyclic) bond motifs is 7. The Morgan fingerprint density at radius 3 is 1.65 bits per heavy atom. The number of allylic oxidation sites excluding steroid dienone is 1. The second-order valence-electron chi connectivity index (χ2n) is 22.2. The predicted octanol–water partition coefficient (Wildman–Crippen LogP) is 15.8. The normalized spacial score (nSPS) is 38.4. The minimum atomic E-state index is -0.138. The minimum absolute atomic E-state index is 0.0349. The lowest BCUT2D eigenvalue weighted by atomic mass is 9.32. The second-order valence-corrected chi connectivity index (χ2v) is 22.2. The molecule has 0 spiro atoms. The summed E-state index contributed by atoms with van der Waals surface area (Å²) >= 11 is 0. The average molecular weight is 751 g/mol. The third kappa shape index (κ3) is 9.58. The second kappa shape index (κ2) is 20.1. The van der Waals surface area contributed by atoms with Gasteiger partial charge in [0.25, 0.3) is 0 Å². The highest BCUT2D eigenvalue weighted by atomic mass is 16.5. The van der Waals surface area contributed by atoms with Crippen molar-refractivity contribution >= 4 is 0 Å². The van der Waals surface area contributed by atoms with Crippen LogP contribution in [0.5, 0.6) is 0 Å². The smallest absolute Gasteiger partial charge is 0.0594 e. The Kier molecular flexibility index (Phi) is 16.6. The van der Waals surface area contributed by atoms with Gasteiger partial charge in [-0.1, -0.05) is 176 Å². The lowest BCUT2D eigenvalue weighted by Gasteiger charge is -2.73. The zero-order valence-electron chi connectivity index (χ0n) is 37.7. The third-order valence-electron chi connectivity index (χ3n) is 18.8. The van der Waals surface area contributed by atoms with Crippen molar-refractivity contribution in [3.63, 3.8) is 0 Å². The number of aliphatic hydroxyl groups excluding tert-OH is 1. The van der Waals surface area contributed by atoms with Gasteiger partial charge in [0.05, 0.1) is 12.7 Å². The Morgan fingerprint density at radius 2 is 1.11 bits per heavy atom. The highest BCUT2D eigenvalue weighted by Crippen LogP contribution is 2.77. The van der Waals surface area contributed by atoms with Gasteiger partial charge >= 0.3 is 0 Å². The molecule has 5 aliphatic rings. The van der Waals surface area contributed by atoms with Crippen molar-refractivity contribution in [2.75, 3.05) is 13.2 Å². The van der Waals surface area contributed by atoms with Crippen molar-refractivity contribution in [1.82, 2.24) is 0 Å². The zero-order chi connectivity index (χ0) is 38.9. The van der Waals surface area contributed by atoms with Gasteiger partial charge in [0.1, 0.15) is 0 Å². The molecular weight excluding hydrogens is 657 g/mol. The molecule has 0 amide bonds. The van der Waals surface area contributed by atoms with Crippen molar-refractivity contribution in [3.8, 4) is 0 Å². The molecule has 0 bridgehead atoms. The molecule has 2 heteroatoms. The minimum Gasteiger partial charge on any atom is -0.393 e. The van der Waals surface area contributed by atoms with Gasteiger partial charge in [-0.3, -0.25) is 0 Å². The molecule has 5 saturated carbocycles. The maximum absolute atomic E-state index is 11.1. The maximum atomic E-state index is 11.1. The molecule has 5 aliphatic carbocycles. The van der Waals surface area contributed by atoms with Crippen LogP contribution >= 0.6 is 0 Å². The van der Waals surface area contributed by atoms with E-state index in [0.29, 0.717) is 33.5 Å². The summed E-state index contributed by atoms with van der Waals surface area (Å²) in [7, 11) is 0. The van der Waals surface area contributed by atoms with E-state index >= 15 is 0 Å². The monoisotopic (exact) mass is 751 g/mol. The Balaban J connectivity index is 0.987. The molecule has 0 aromatic heterocycles. The van der Waals surface area contributed by atoms with Crippen LogP contribution in [0.15, 0.2) is 12.2 Å². The van der Waals surface area contributed by atoms with E-state index in [1.807, 2.05) is 0 Å². The Bertz CT molecular complexity index is 1130. The molecule has 5 rings (SSSR count). The molecule has 1 N–H and O–H groups in total. The molecule has 10 atom stereocenters. The van der Waals surface area contributed by atoms with Gasteiger partial charge < -0.3 is 9.84 Å². The van der Waals surface area contributed by atoms with Crippen molar-refractivity contribution in [1.29, 1.82) is 0 Å². The molecule has 5 fully saturated rings. The van der Waals surface area contributed by atoms with Crippen molar-refractivity contribution in [2.45, 2.75) is 247 Å². The van der Waals surface area contributed by atoms with Gasteiger partial charge in [0.15, 0.2) is 0 Å². The first kappa shape index (κ1) is 44.8. The quantitative estimate of drug-likeness (QED) is 0.0786. The molecule has 0 saturated heterocycles. The Morgan fingerprint density at radius 1 is 0.574 bits per heavy atom. The molecule has 0 aromatic carbocycles. The highest BCUT2D eigenvalue weighted by molar-refractivity contribution is 5.21. The van der Waals surface area contributed by atoms with Crippen molar-refractivity contribution in [2.24, 2.45) is 56.7 Å². The summed E-state index contributed by atoms with van der Waals surface area (Å²) in [4.78, 5) is 0. The Hall–Kier alpha value is -0.340. The molecule has 54 heavy (non-hydrogen) atoms. The summed E-state index contributed by atoms with van der Waals surface area (Å²) in [6.45, 7) is 24.2. The van der Waals surface area contributed by atoms with Gasteiger partial charge in [0, 0.05) is 6.61 Å². The largest absolute Gasteiger partial charge is 0.393 e. The summed E-state index contributed by atoms with van der Waals surface area (Å²) < 4.78 is 6.75. The maximum Gasteiger partial charge on any atom is 0.0594 e. The molecule has 0 unspecified atom stereocenters. The van der Waals surface area contributed by atoms with Gasteiger partial charge in [0.2, 0.25) is 0 Å². The zero-order valence-corrected chi connectivity index (χ0v) is 37.7. The fourth-order valence-electron chi connectivity index (χ4n) is 15.3. The highest BCUT2D eigenvalue weighted by Gasteiger charge is 2.70. The van der Waals surface area contributed by atoms with E-state index in [0.717, 1.165) is 37.4 Å². The SMILES string of the molecule is C=C(C)[C@@H]1CC[C@]2(COCCCCCCCCCCCCCCCCCCCCCC)CC[C@]3(C)[C@H](CC[C@@H]4[C@@]5(C)CC[C@H](O)C(C)(C)[C@@H]5CC[C@]43C)[C@@H]12. The molecule has 2 nitrogen and oxygen atoms in total. The Labute approximate surface area is 338 Å². The standard InChI is InChI=1S/C52H94O2/c1-9-10-11-12-13-14-15-16-17-18-19-20-21-22-23-24-25-26-27-28-39-54-40-52-36-31-42(41(2)3)47(52)43-29-30-45-49(6)34-33-46(53)48(4,5)44(49)32-35-51(45,8)50(43,7)37-38-52/h42-47,53H,2,9-40H2,1,3-8H3/t42-,43+,44-,45+,46-,47+,49-,50+,51+,52+/m0/s1. The van der Waals surface area contributed by atoms with Crippen LogP contribution in [-0.2, 0) is 4.74 Å². The molecule has 0 radical (unpaired) electrons. The van der Waals surface area contributed by atoms with E-state index in [-0.39, 0.29) is 11.5 Å². The van der Waals surface area contributed by atoms with Crippen LogP contribution in [0, 0.1) is 56.7 Å². The van der Waals surface area contributed by atoms with Crippen molar-refractivity contribution < 1.29 is 9.84 Å². The van der Waals surface area contributed by atoms with E-state index < -0.39 is 0 Å². The van der Waals surface area contributed by atoms with Crippen LogP contribution in [-0.4, -0.2) is 24.4 Å². The van der Waals surface area contributed by atoms with Gasteiger partial charge in [-0.05, 0) is 134 Å². The summed E-state index contributed by atoms with van der Waals surface area (Å²) in [6.07, 6.45) is 41.7. The lowest BCUT2D eigenvalue weighted by molar-refractivity contribution is -0.250. The van der Waals surface area contributed by atoms with Crippen LogP contribution in [0.1, 0.15) is 241 Å². The van der Waals surface area contributed by atoms with Crippen LogP contribution in [0.25, 0.3) is 0 Å². The lowest BCUT2D eigenvalue weighted by Crippen LogP contribution is -2.66. The van der Waals surface area contributed by atoms with E-state index in [2.05, 4.69) is 55.0 Å². The van der Waals surface area contributed by atoms with Crippen molar-refractivity contribution in [3.05, 3.63) is 12.2 Å². The summed E-state index contributed by atoms with van der Waals surface area (Å²) in [6, 6.07) is 0. The summed E-state index contributed by atoms with van der Waals surface area (Å²) in [5, 5.41) is 11.1. The van der Waals surface area contributed by atoms with Gasteiger partial charge in [-0.25, -0.2) is 0 Å². The topological polar surface area (TPSA) is 29.5 Å². The number of ether oxygens (including phenoxy) is 1. The fraction of sp³-hybridized carbons (Fsp3) is 0.962. The number of aliphatic hydroxyl groups is 1. The van der Waals surface area contributed by atoms with Gasteiger partial charge in [-0.2, -0.15) is 0 Å².